The summed E-state index contributed by atoms with van der Waals surface area (Å²) in [5.41, 5.74) is 0.591. The fourth-order valence-corrected chi connectivity index (χ4v) is 3.13. The van der Waals surface area contributed by atoms with Crippen LogP contribution in [-0.4, -0.2) is 29.5 Å². The fourth-order valence-electron chi connectivity index (χ4n) is 2.73. The number of rotatable bonds is 4. The van der Waals surface area contributed by atoms with E-state index in [0.717, 1.165) is 29.4 Å². The molecule has 1 fully saturated rings. The molecule has 2 atom stereocenters. The molecule has 19 heavy (non-hydrogen) atoms. The Morgan fingerprint density at radius 3 is 2.89 bits per heavy atom. The van der Waals surface area contributed by atoms with Gasteiger partial charge < -0.3 is 15.2 Å². The number of hydrogen-bond acceptors (Lipinski definition) is 3. The number of hydrogen-bond donors (Lipinski definition) is 2. The smallest absolute Gasteiger partial charge is 0.0675 e. The van der Waals surface area contributed by atoms with Crippen molar-refractivity contribution in [3.63, 3.8) is 0 Å². The van der Waals surface area contributed by atoms with Gasteiger partial charge in [-0.15, -0.1) is 0 Å². The first-order chi connectivity index (χ1) is 9.01. The number of anilines is 1. The van der Waals surface area contributed by atoms with Crippen molar-refractivity contribution >= 4 is 21.6 Å². The maximum atomic E-state index is 9.87. The fraction of sp³-hybridized carbons (Fsp3) is 0.600. The van der Waals surface area contributed by atoms with Crippen LogP contribution in [0.3, 0.4) is 0 Å². The molecule has 0 spiro atoms. The maximum Gasteiger partial charge on any atom is 0.0675 e. The molecule has 3 nitrogen and oxygen atoms in total. The maximum absolute atomic E-state index is 9.87. The van der Waals surface area contributed by atoms with Crippen LogP contribution in [0.1, 0.15) is 33.1 Å². The quantitative estimate of drug-likeness (QED) is 0.888. The van der Waals surface area contributed by atoms with E-state index < -0.39 is 0 Å². The summed E-state index contributed by atoms with van der Waals surface area (Å²) in [4.78, 5) is 0. The normalized spacial score (nSPS) is 31.2. The topological polar surface area (TPSA) is 41.5 Å². The Hall–Kier alpha value is -0.580. The van der Waals surface area contributed by atoms with Gasteiger partial charge in [0.15, 0.2) is 0 Å². The van der Waals surface area contributed by atoms with Gasteiger partial charge in [0.05, 0.1) is 17.7 Å². The Kier molecular flexibility index (Phi) is 4.54. The summed E-state index contributed by atoms with van der Waals surface area (Å²) in [5, 5.41) is 13.4. The first kappa shape index (κ1) is 14.8. The molecule has 2 unspecified atom stereocenters. The van der Waals surface area contributed by atoms with Gasteiger partial charge in [0.2, 0.25) is 0 Å². The number of aliphatic hydroxyl groups is 1. The van der Waals surface area contributed by atoms with E-state index in [4.69, 9.17) is 4.74 Å². The number of aliphatic hydroxyl groups excluding tert-OH is 1. The lowest BCUT2D eigenvalue weighted by molar-refractivity contribution is -0.0973. The SMILES string of the molecule is CCC1(C)CC(CO)(Nc2cccc(Br)c2)CCO1. The minimum Gasteiger partial charge on any atom is -0.394 e. The van der Waals surface area contributed by atoms with Crippen molar-refractivity contribution in [3.05, 3.63) is 28.7 Å². The molecule has 1 aromatic rings. The molecule has 0 bridgehead atoms. The molecule has 1 heterocycles. The average Bonchev–Trinajstić information content (AvgIpc) is 2.39. The summed E-state index contributed by atoms with van der Waals surface area (Å²) in [6.45, 7) is 5.07. The third-order valence-corrected chi connectivity index (χ3v) is 4.52. The average molecular weight is 328 g/mol. The molecule has 1 aliphatic heterocycles. The standard InChI is InChI=1S/C15H22BrNO2/c1-3-14(2)10-15(11-18,7-8-19-14)17-13-6-4-5-12(16)9-13/h4-6,9,17-18H,3,7-8,10-11H2,1-2H3. The predicted octanol–water partition coefficient (Wildman–Crippen LogP) is 3.57. The zero-order valence-electron chi connectivity index (χ0n) is 11.6. The third kappa shape index (κ3) is 3.50. The Morgan fingerprint density at radius 2 is 2.26 bits per heavy atom. The van der Waals surface area contributed by atoms with Crippen LogP contribution in [0.15, 0.2) is 28.7 Å². The van der Waals surface area contributed by atoms with E-state index in [0.29, 0.717) is 6.61 Å². The molecule has 0 radical (unpaired) electrons. The van der Waals surface area contributed by atoms with Crippen molar-refractivity contribution in [1.29, 1.82) is 0 Å². The third-order valence-electron chi connectivity index (χ3n) is 4.03. The van der Waals surface area contributed by atoms with Gasteiger partial charge in [-0.1, -0.05) is 28.9 Å². The number of benzene rings is 1. The van der Waals surface area contributed by atoms with Crippen LogP contribution in [0.25, 0.3) is 0 Å². The zero-order valence-corrected chi connectivity index (χ0v) is 13.2. The van der Waals surface area contributed by atoms with E-state index in [-0.39, 0.29) is 17.7 Å². The van der Waals surface area contributed by atoms with E-state index in [9.17, 15) is 5.11 Å². The van der Waals surface area contributed by atoms with Crippen molar-refractivity contribution in [2.24, 2.45) is 0 Å². The molecule has 2 rings (SSSR count). The summed E-state index contributed by atoms with van der Waals surface area (Å²) in [5.74, 6) is 0. The highest BCUT2D eigenvalue weighted by Crippen LogP contribution is 2.36. The van der Waals surface area contributed by atoms with Gasteiger partial charge in [-0.3, -0.25) is 0 Å². The highest BCUT2D eigenvalue weighted by Gasteiger charge is 2.42. The van der Waals surface area contributed by atoms with Crippen molar-refractivity contribution in [2.45, 2.75) is 44.2 Å². The molecular weight excluding hydrogens is 306 g/mol. The highest BCUT2D eigenvalue weighted by atomic mass is 79.9. The molecule has 0 aliphatic carbocycles. The largest absolute Gasteiger partial charge is 0.394 e. The Balaban J connectivity index is 2.18. The lowest BCUT2D eigenvalue weighted by atomic mass is 9.79. The van der Waals surface area contributed by atoms with Crippen LogP contribution >= 0.6 is 15.9 Å². The van der Waals surface area contributed by atoms with E-state index >= 15 is 0 Å². The second kappa shape index (κ2) is 5.81. The van der Waals surface area contributed by atoms with Crippen LogP contribution in [0, 0.1) is 0 Å². The van der Waals surface area contributed by atoms with Crippen LogP contribution in [0.2, 0.25) is 0 Å². The molecule has 0 aromatic heterocycles. The molecule has 1 aromatic carbocycles. The number of halogens is 1. The molecule has 0 amide bonds. The molecule has 106 valence electrons. The summed E-state index contributed by atoms with van der Waals surface area (Å²) in [6.07, 6.45) is 2.60. The molecule has 4 heteroatoms. The van der Waals surface area contributed by atoms with Crippen LogP contribution < -0.4 is 5.32 Å². The molecule has 0 saturated carbocycles. The van der Waals surface area contributed by atoms with Gasteiger partial charge in [-0.25, -0.2) is 0 Å². The van der Waals surface area contributed by atoms with Gasteiger partial charge in [0.25, 0.3) is 0 Å². The van der Waals surface area contributed by atoms with E-state index in [1.54, 1.807) is 0 Å². The van der Waals surface area contributed by atoms with Crippen molar-refractivity contribution in [2.75, 3.05) is 18.5 Å². The Labute approximate surface area is 123 Å². The van der Waals surface area contributed by atoms with E-state index in [2.05, 4.69) is 35.1 Å². The Bertz CT molecular complexity index is 440. The zero-order chi connectivity index (χ0) is 13.9. The van der Waals surface area contributed by atoms with E-state index in [1.807, 2.05) is 24.3 Å². The number of ether oxygens (including phenoxy) is 1. The second-order valence-corrected chi connectivity index (χ2v) is 6.57. The second-order valence-electron chi connectivity index (χ2n) is 5.65. The van der Waals surface area contributed by atoms with Gasteiger partial charge in [-0.05, 0) is 38.0 Å². The summed E-state index contributed by atoms with van der Waals surface area (Å²) in [6, 6.07) is 8.06. The van der Waals surface area contributed by atoms with Crippen molar-refractivity contribution < 1.29 is 9.84 Å². The van der Waals surface area contributed by atoms with Crippen LogP contribution in [0.4, 0.5) is 5.69 Å². The molecule has 2 N–H and O–H groups in total. The van der Waals surface area contributed by atoms with E-state index in [1.165, 1.54) is 0 Å². The molecular formula is C15H22BrNO2. The monoisotopic (exact) mass is 327 g/mol. The lowest BCUT2D eigenvalue weighted by Gasteiger charge is -2.46. The minimum atomic E-state index is -0.288. The Morgan fingerprint density at radius 1 is 1.47 bits per heavy atom. The summed E-state index contributed by atoms with van der Waals surface area (Å²) >= 11 is 3.48. The predicted molar refractivity (Wildman–Crippen MR) is 81.5 cm³/mol. The van der Waals surface area contributed by atoms with Crippen molar-refractivity contribution in [1.82, 2.24) is 0 Å². The first-order valence-corrected chi connectivity index (χ1v) is 7.59. The van der Waals surface area contributed by atoms with Crippen LogP contribution in [0.5, 0.6) is 0 Å². The van der Waals surface area contributed by atoms with Gasteiger partial charge >= 0.3 is 0 Å². The van der Waals surface area contributed by atoms with Gasteiger partial charge in [0, 0.05) is 23.2 Å². The van der Waals surface area contributed by atoms with Crippen LogP contribution in [-0.2, 0) is 4.74 Å². The van der Waals surface area contributed by atoms with Gasteiger partial charge in [-0.2, -0.15) is 0 Å². The minimum absolute atomic E-state index is 0.123. The van der Waals surface area contributed by atoms with Crippen molar-refractivity contribution in [3.8, 4) is 0 Å². The summed E-state index contributed by atoms with van der Waals surface area (Å²) < 4.78 is 6.91. The first-order valence-electron chi connectivity index (χ1n) is 6.79. The molecule has 1 aliphatic rings. The summed E-state index contributed by atoms with van der Waals surface area (Å²) in [7, 11) is 0. The number of nitrogens with one attached hydrogen (secondary N) is 1. The molecule has 1 saturated heterocycles. The lowest BCUT2D eigenvalue weighted by Crippen LogP contribution is -2.54. The van der Waals surface area contributed by atoms with Gasteiger partial charge in [0.1, 0.15) is 0 Å². The highest BCUT2D eigenvalue weighted by molar-refractivity contribution is 9.10.